The molecule has 2 aliphatic rings. The molecule has 0 radical (unpaired) electrons. The van der Waals surface area contributed by atoms with Crippen LogP contribution in [0.1, 0.15) is 87.5 Å². The summed E-state index contributed by atoms with van der Waals surface area (Å²) in [6.45, 7) is 19.6. The SMILES string of the molecule is CCC1CC(C(C)(C)CC2CC(C)(C)C2C)C(N)C(CC)C1C. The Hall–Kier alpha value is -0.0400. The average molecular weight is 322 g/mol. The van der Waals surface area contributed by atoms with Crippen LogP contribution in [0.4, 0.5) is 0 Å². The molecule has 0 amide bonds. The first-order valence-electron chi connectivity index (χ1n) is 10.3. The van der Waals surface area contributed by atoms with Crippen LogP contribution < -0.4 is 5.73 Å². The molecule has 0 aliphatic heterocycles. The Morgan fingerprint density at radius 1 is 1.04 bits per heavy atom. The van der Waals surface area contributed by atoms with Gasteiger partial charge in [0, 0.05) is 6.04 Å². The van der Waals surface area contributed by atoms with Crippen molar-refractivity contribution in [3.8, 4) is 0 Å². The molecule has 0 spiro atoms. The van der Waals surface area contributed by atoms with Gasteiger partial charge in [-0.05, 0) is 65.6 Å². The normalized spacial score (nSPS) is 44.0. The highest BCUT2D eigenvalue weighted by Crippen LogP contribution is 2.57. The quantitative estimate of drug-likeness (QED) is 0.648. The van der Waals surface area contributed by atoms with Crippen molar-refractivity contribution in [2.75, 3.05) is 0 Å². The Morgan fingerprint density at radius 3 is 2.09 bits per heavy atom. The highest BCUT2D eigenvalue weighted by molar-refractivity contribution is 5.01. The Kier molecular flexibility index (Phi) is 5.61. The van der Waals surface area contributed by atoms with E-state index in [0.29, 0.717) is 28.7 Å². The molecule has 2 N–H and O–H groups in total. The van der Waals surface area contributed by atoms with E-state index in [2.05, 4.69) is 55.4 Å². The Labute approximate surface area is 146 Å². The fourth-order valence-electron chi connectivity index (χ4n) is 6.31. The van der Waals surface area contributed by atoms with E-state index in [0.717, 1.165) is 23.7 Å². The van der Waals surface area contributed by atoms with Crippen molar-refractivity contribution in [2.45, 2.75) is 93.5 Å². The summed E-state index contributed by atoms with van der Waals surface area (Å²) in [5, 5.41) is 0. The predicted octanol–water partition coefficient (Wildman–Crippen LogP) is 6.12. The molecule has 2 fully saturated rings. The third-order valence-electron chi connectivity index (χ3n) is 8.45. The number of hydrogen-bond donors (Lipinski definition) is 1. The summed E-state index contributed by atoms with van der Waals surface area (Å²) in [7, 11) is 0. The van der Waals surface area contributed by atoms with Gasteiger partial charge in [-0.3, -0.25) is 0 Å². The topological polar surface area (TPSA) is 26.0 Å². The molecule has 2 saturated carbocycles. The number of rotatable bonds is 5. The summed E-state index contributed by atoms with van der Waals surface area (Å²) in [6.07, 6.45) is 6.70. The minimum Gasteiger partial charge on any atom is -0.327 e. The molecule has 0 aromatic carbocycles. The van der Waals surface area contributed by atoms with E-state index in [9.17, 15) is 0 Å². The first kappa shape index (κ1) is 19.3. The van der Waals surface area contributed by atoms with Crippen molar-refractivity contribution >= 4 is 0 Å². The molecule has 1 heteroatoms. The second kappa shape index (κ2) is 6.70. The van der Waals surface area contributed by atoms with Gasteiger partial charge in [0.2, 0.25) is 0 Å². The molecule has 7 unspecified atom stereocenters. The smallest absolute Gasteiger partial charge is 0.0103 e. The van der Waals surface area contributed by atoms with Crippen molar-refractivity contribution in [2.24, 2.45) is 52.1 Å². The van der Waals surface area contributed by atoms with E-state index < -0.39 is 0 Å². The van der Waals surface area contributed by atoms with Crippen molar-refractivity contribution in [3.05, 3.63) is 0 Å². The van der Waals surface area contributed by atoms with E-state index in [-0.39, 0.29) is 0 Å². The summed E-state index contributed by atoms with van der Waals surface area (Å²) >= 11 is 0. The molecular weight excluding hydrogens is 278 g/mol. The fourth-order valence-corrected chi connectivity index (χ4v) is 6.31. The maximum atomic E-state index is 6.85. The lowest BCUT2D eigenvalue weighted by Crippen LogP contribution is -2.54. The third-order valence-corrected chi connectivity index (χ3v) is 8.45. The maximum Gasteiger partial charge on any atom is 0.0103 e. The first-order valence-corrected chi connectivity index (χ1v) is 10.3. The molecule has 2 rings (SSSR count). The highest BCUT2D eigenvalue weighted by Gasteiger charge is 2.50. The molecule has 7 atom stereocenters. The van der Waals surface area contributed by atoms with Crippen LogP contribution in [0, 0.1) is 46.3 Å². The zero-order valence-electron chi connectivity index (χ0n) is 17.2. The number of hydrogen-bond acceptors (Lipinski definition) is 1. The van der Waals surface area contributed by atoms with Gasteiger partial charge in [0.1, 0.15) is 0 Å². The zero-order chi connectivity index (χ0) is 17.6. The lowest BCUT2D eigenvalue weighted by molar-refractivity contribution is -0.0534. The van der Waals surface area contributed by atoms with Gasteiger partial charge in [-0.1, -0.05) is 68.2 Å². The Morgan fingerprint density at radius 2 is 1.65 bits per heavy atom. The van der Waals surface area contributed by atoms with Crippen LogP contribution in [-0.4, -0.2) is 6.04 Å². The van der Waals surface area contributed by atoms with Gasteiger partial charge in [0.25, 0.3) is 0 Å². The van der Waals surface area contributed by atoms with E-state index in [1.54, 1.807) is 0 Å². The van der Waals surface area contributed by atoms with Crippen molar-refractivity contribution in [3.63, 3.8) is 0 Å². The van der Waals surface area contributed by atoms with Crippen LogP contribution >= 0.6 is 0 Å². The van der Waals surface area contributed by atoms with Gasteiger partial charge in [-0.25, -0.2) is 0 Å². The van der Waals surface area contributed by atoms with E-state index in [1.165, 1.54) is 32.1 Å². The predicted molar refractivity (Wildman–Crippen MR) is 102 cm³/mol. The van der Waals surface area contributed by atoms with E-state index in [1.807, 2.05) is 0 Å². The van der Waals surface area contributed by atoms with Crippen LogP contribution in [0.3, 0.4) is 0 Å². The Balaban J connectivity index is 2.11. The van der Waals surface area contributed by atoms with Crippen molar-refractivity contribution in [1.29, 1.82) is 0 Å². The molecule has 136 valence electrons. The van der Waals surface area contributed by atoms with Gasteiger partial charge < -0.3 is 5.73 Å². The molecule has 23 heavy (non-hydrogen) atoms. The average Bonchev–Trinajstić information content (AvgIpc) is 2.46. The minimum absolute atomic E-state index is 0.385. The monoisotopic (exact) mass is 321 g/mol. The molecular formula is C22H43N. The summed E-state index contributed by atoms with van der Waals surface area (Å²) in [5.41, 5.74) is 7.79. The Bertz CT molecular complexity index is 397. The molecule has 0 bridgehead atoms. The summed E-state index contributed by atoms with van der Waals surface area (Å²) in [4.78, 5) is 0. The standard InChI is InChI=1S/C22H43N/c1-9-16-11-19(20(23)18(10-2)14(16)3)22(7,8)13-17-12-21(5,6)15(17)4/h14-20H,9-13,23H2,1-8H3. The van der Waals surface area contributed by atoms with E-state index in [4.69, 9.17) is 5.73 Å². The second-order valence-electron chi connectivity index (χ2n) is 10.5. The van der Waals surface area contributed by atoms with Gasteiger partial charge >= 0.3 is 0 Å². The number of nitrogens with two attached hydrogens (primary N) is 1. The van der Waals surface area contributed by atoms with Gasteiger partial charge in [0.05, 0.1) is 0 Å². The van der Waals surface area contributed by atoms with Crippen LogP contribution in [0.2, 0.25) is 0 Å². The molecule has 0 aromatic heterocycles. The van der Waals surface area contributed by atoms with Gasteiger partial charge in [-0.2, -0.15) is 0 Å². The van der Waals surface area contributed by atoms with Crippen LogP contribution in [0.25, 0.3) is 0 Å². The third kappa shape index (κ3) is 3.51. The molecule has 1 nitrogen and oxygen atoms in total. The highest BCUT2D eigenvalue weighted by atomic mass is 14.7. The largest absolute Gasteiger partial charge is 0.327 e. The van der Waals surface area contributed by atoms with Gasteiger partial charge in [0.15, 0.2) is 0 Å². The summed E-state index contributed by atoms with van der Waals surface area (Å²) < 4.78 is 0. The molecule has 0 aromatic rings. The van der Waals surface area contributed by atoms with Crippen LogP contribution in [-0.2, 0) is 0 Å². The van der Waals surface area contributed by atoms with Crippen LogP contribution in [0.15, 0.2) is 0 Å². The van der Waals surface area contributed by atoms with Crippen molar-refractivity contribution in [1.82, 2.24) is 0 Å². The summed E-state index contributed by atoms with van der Waals surface area (Å²) in [5.74, 6) is 4.86. The fraction of sp³-hybridized carbons (Fsp3) is 1.00. The molecule has 2 aliphatic carbocycles. The summed E-state index contributed by atoms with van der Waals surface area (Å²) in [6, 6.07) is 0.399. The van der Waals surface area contributed by atoms with Crippen LogP contribution in [0.5, 0.6) is 0 Å². The lowest BCUT2D eigenvalue weighted by Gasteiger charge is -2.56. The zero-order valence-corrected chi connectivity index (χ0v) is 17.2. The maximum absolute atomic E-state index is 6.85. The molecule has 0 heterocycles. The lowest BCUT2D eigenvalue weighted by atomic mass is 9.50. The van der Waals surface area contributed by atoms with Crippen molar-refractivity contribution < 1.29 is 0 Å². The van der Waals surface area contributed by atoms with Gasteiger partial charge in [-0.15, -0.1) is 0 Å². The second-order valence-corrected chi connectivity index (χ2v) is 10.5. The first-order chi connectivity index (χ1) is 10.5. The molecule has 0 saturated heterocycles. The minimum atomic E-state index is 0.385. The van der Waals surface area contributed by atoms with E-state index >= 15 is 0 Å².